The van der Waals surface area contributed by atoms with Crippen molar-refractivity contribution >= 4 is 17.7 Å². The molecular formula is C18H25N3O3. The van der Waals surface area contributed by atoms with Crippen molar-refractivity contribution in [2.75, 3.05) is 32.7 Å². The van der Waals surface area contributed by atoms with Crippen molar-refractivity contribution in [2.24, 2.45) is 0 Å². The highest BCUT2D eigenvalue weighted by molar-refractivity contribution is 5.84. The Morgan fingerprint density at radius 1 is 0.958 bits per heavy atom. The molecule has 0 spiro atoms. The van der Waals surface area contributed by atoms with Crippen LogP contribution in [0.5, 0.6) is 0 Å². The van der Waals surface area contributed by atoms with Crippen molar-refractivity contribution in [1.82, 2.24) is 14.7 Å². The first-order valence-corrected chi connectivity index (χ1v) is 8.21. The molecule has 130 valence electrons. The standard InChI is InChI=1S/C18H25N3O3/c1-14-4-6-17(7-5-14)12-21(16(3)23)13-18(24)20-10-8-19(9-11-20)15(2)22/h4-7H,8-13H2,1-3H3. The van der Waals surface area contributed by atoms with E-state index in [9.17, 15) is 14.4 Å². The van der Waals surface area contributed by atoms with Crippen LogP contribution in [0.25, 0.3) is 0 Å². The van der Waals surface area contributed by atoms with E-state index in [1.807, 2.05) is 31.2 Å². The van der Waals surface area contributed by atoms with Gasteiger partial charge in [0.1, 0.15) is 6.54 Å². The minimum Gasteiger partial charge on any atom is -0.339 e. The predicted octanol–water partition coefficient (Wildman–Crippen LogP) is 1.03. The van der Waals surface area contributed by atoms with E-state index in [-0.39, 0.29) is 24.3 Å². The molecule has 0 unspecified atom stereocenters. The average Bonchev–Trinajstić information content (AvgIpc) is 2.56. The van der Waals surface area contributed by atoms with Crippen LogP contribution in [0.3, 0.4) is 0 Å². The van der Waals surface area contributed by atoms with Crippen molar-refractivity contribution < 1.29 is 14.4 Å². The fourth-order valence-corrected chi connectivity index (χ4v) is 2.73. The van der Waals surface area contributed by atoms with Crippen LogP contribution in [-0.2, 0) is 20.9 Å². The second kappa shape index (κ2) is 7.95. The van der Waals surface area contributed by atoms with Gasteiger partial charge in [-0.2, -0.15) is 0 Å². The molecule has 3 amide bonds. The lowest BCUT2D eigenvalue weighted by Crippen LogP contribution is -2.52. The van der Waals surface area contributed by atoms with Crippen LogP contribution in [-0.4, -0.2) is 65.1 Å². The molecule has 0 aliphatic carbocycles. The Bertz CT molecular complexity index is 604. The number of rotatable bonds is 4. The Balaban J connectivity index is 1.93. The Morgan fingerprint density at radius 2 is 1.50 bits per heavy atom. The van der Waals surface area contributed by atoms with Crippen molar-refractivity contribution in [1.29, 1.82) is 0 Å². The van der Waals surface area contributed by atoms with Crippen LogP contribution in [0, 0.1) is 6.92 Å². The number of carbonyl (C=O) groups excluding carboxylic acids is 3. The lowest BCUT2D eigenvalue weighted by molar-refractivity contribution is -0.142. The first-order valence-electron chi connectivity index (χ1n) is 8.21. The number of hydrogen-bond acceptors (Lipinski definition) is 3. The summed E-state index contributed by atoms with van der Waals surface area (Å²) in [5, 5.41) is 0. The van der Waals surface area contributed by atoms with E-state index < -0.39 is 0 Å². The Morgan fingerprint density at radius 3 is 2.00 bits per heavy atom. The van der Waals surface area contributed by atoms with Crippen LogP contribution >= 0.6 is 0 Å². The summed E-state index contributed by atoms with van der Waals surface area (Å²) in [5.41, 5.74) is 2.16. The Kier molecular flexibility index (Phi) is 5.95. The van der Waals surface area contributed by atoms with Crippen LogP contribution in [0.4, 0.5) is 0 Å². The van der Waals surface area contributed by atoms with Gasteiger partial charge >= 0.3 is 0 Å². The predicted molar refractivity (Wildman–Crippen MR) is 91.1 cm³/mol. The maximum Gasteiger partial charge on any atom is 0.242 e. The maximum atomic E-state index is 12.5. The number of hydrogen-bond donors (Lipinski definition) is 0. The summed E-state index contributed by atoms with van der Waals surface area (Å²) in [7, 11) is 0. The van der Waals surface area contributed by atoms with Crippen molar-refractivity contribution in [3.63, 3.8) is 0 Å². The molecule has 1 aromatic rings. The molecule has 0 saturated carbocycles. The summed E-state index contributed by atoms with van der Waals surface area (Å²) < 4.78 is 0. The fraction of sp³-hybridized carbons (Fsp3) is 0.500. The monoisotopic (exact) mass is 331 g/mol. The van der Waals surface area contributed by atoms with Crippen LogP contribution in [0.2, 0.25) is 0 Å². The van der Waals surface area contributed by atoms with Gasteiger partial charge in [0.15, 0.2) is 0 Å². The molecule has 0 radical (unpaired) electrons. The molecule has 1 heterocycles. The molecule has 1 aliphatic rings. The van der Waals surface area contributed by atoms with Crippen LogP contribution < -0.4 is 0 Å². The first kappa shape index (κ1) is 18.0. The summed E-state index contributed by atoms with van der Waals surface area (Å²) in [6.45, 7) is 7.68. The quantitative estimate of drug-likeness (QED) is 0.828. The van der Waals surface area contributed by atoms with E-state index in [1.54, 1.807) is 14.7 Å². The SMILES string of the molecule is CC(=O)N1CCN(C(=O)CN(Cc2ccc(C)cc2)C(C)=O)CC1. The molecule has 1 aliphatic heterocycles. The van der Waals surface area contributed by atoms with Gasteiger partial charge in [0.25, 0.3) is 0 Å². The smallest absolute Gasteiger partial charge is 0.242 e. The van der Waals surface area contributed by atoms with Gasteiger partial charge in [-0.15, -0.1) is 0 Å². The highest BCUT2D eigenvalue weighted by atomic mass is 16.2. The third-order valence-corrected chi connectivity index (χ3v) is 4.34. The van der Waals surface area contributed by atoms with E-state index in [1.165, 1.54) is 13.8 Å². The Hall–Kier alpha value is -2.37. The lowest BCUT2D eigenvalue weighted by atomic mass is 10.1. The molecule has 6 heteroatoms. The minimum atomic E-state index is -0.119. The van der Waals surface area contributed by atoms with Crippen LogP contribution in [0.1, 0.15) is 25.0 Å². The van der Waals surface area contributed by atoms with E-state index >= 15 is 0 Å². The number of amides is 3. The van der Waals surface area contributed by atoms with Crippen molar-refractivity contribution in [3.05, 3.63) is 35.4 Å². The van der Waals surface area contributed by atoms with E-state index in [0.717, 1.165) is 11.1 Å². The van der Waals surface area contributed by atoms with Gasteiger partial charge in [-0.1, -0.05) is 29.8 Å². The zero-order valence-corrected chi connectivity index (χ0v) is 14.6. The highest BCUT2D eigenvalue weighted by Gasteiger charge is 2.24. The number of piperazine rings is 1. The molecule has 2 rings (SSSR count). The number of benzene rings is 1. The normalized spacial score (nSPS) is 14.5. The number of nitrogens with zero attached hydrogens (tertiary/aromatic N) is 3. The largest absolute Gasteiger partial charge is 0.339 e. The van der Waals surface area contributed by atoms with Gasteiger partial charge < -0.3 is 14.7 Å². The number of aryl methyl sites for hydroxylation is 1. The third-order valence-electron chi connectivity index (χ3n) is 4.34. The summed E-state index contributed by atoms with van der Waals surface area (Å²) in [4.78, 5) is 40.7. The van der Waals surface area contributed by atoms with Crippen molar-refractivity contribution in [3.8, 4) is 0 Å². The van der Waals surface area contributed by atoms with Gasteiger partial charge in [-0.25, -0.2) is 0 Å². The highest BCUT2D eigenvalue weighted by Crippen LogP contribution is 2.09. The average molecular weight is 331 g/mol. The van der Waals surface area contributed by atoms with Gasteiger partial charge in [-0.05, 0) is 12.5 Å². The van der Waals surface area contributed by atoms with E-state index in [2.05, 4.69) is 0 Å². The molecule has 1 saturated heterocycles. The van der Waals surface area contributed by atoms with Crippen LogP contribution in [0.15, 0.2) is 24.3 Å². The van der Waals surface area contributed by atoms with E-state index in [4.69, 9.17) is 0 Å². The van der Waals surface area contributed by atoms with Gasteiger partial charge in [0.2, 0.25) is 17.7 Å². The molecular weight excluding hydrogens is 306 g/mol. The lowest BCUT2D eigenvalue weighted by Gasteiger charge is -2.35. The molecule has 1 aromatic carbocycles. The summed E-state index contributed by atoms with van der Waals surface area (Å²) in [6, 6.07) is 7.94. The Labute approximate surface area is 143 Å². The number of carbonyl (C=O) groups is 3. The first-order chi connectivity index (χ1) is 11.4. The third kappa shape index (κ3) is 4.81. The zero-order valence-electron chi connectivity index (χ0n) is 14.6. The van der Waals surface area contributed by atoms with Crippen molar-refractivity contribution in [2.45, 2.75) is 27.3 Å². The molecule has 0 atom stereocenters. The maximum absolute atomic E-state index is 12.5. The molecule has 6 nitrogen and oxygen atoms in total. The summed E-state index contributed by atoms with van der Waals surface area (Å²) in [5.74, 6) is -0.154. The summed E-state index contributed by atoms with van der Waals surface area (Å²) in [6.07, 6.45) is 0. The van der Waals surface area contributed by atoms with Gasteiger partial charge in [0.05, 0.1) is 0 Å². The second-order valence-corrected chi connectivity index (χ2v) is 6.25. The molecule has 0 aromatic heterocycles. The fourth-order valence-electron chi connectivity index (χ4n) is 2.73. The second-order valence-electron chi connectivity index (χ2n) is 6.25. The topological polar surface area (TPSA) is 60.9 Å². The summed E-state index contributed by atoms with van der Waals surface area (Å²) >= 11 is 0. The molecule has 1 fully saturated rings. The molecule has 0 bridgehead atoms. The van der Waals surface area contributed by atoms with E-state index in [0.29, 0.717) is 32.7 Å². The van der Waals surface area contributed by atoms with Gasteiger partial charge in [0, 0.05) is 46.6 Å². The van der Waals surface area contributed by atoms with Gasteiger partial charge in [-0.3, -0.25) is 14.4 Å². The molecule has 0 N–H and O–H groups in total. The molecule has 24 heavy (non-hydrogen) atoms. The zero-order chi connectivity index (χ0) is 17.7. The minimum absolute atomic E-state index is 0.0341.